The van der Waals surface area contributed by atoms with E-state index < -0.39 is 0 Å². The first-order valence-electron chi connectivity index (χ1n) is 14.1. The highest BCUT2D eigenvalue weighted by Gasteiger charge is 2.23. The molecule has 41 heavy (non-hydrogen) atoms. The highest BCUT2D eigenvalue weighted by atomic mass is 32.2. The zero-order chi connectivity index (χ0) is 30.3. The van der Waals surface area contributed by atoms with Crippen molar-refractivity contribution in [3.05, 3.63) is 58.9 Å². The number of ether oxygens (including phenoxy) is 1. The van der Waals surface area contributed by atoms with Crippen LogP contribution in [0.3, 0.4) is 0 Å². The molecule has 1 fully saturated rings. The molecule has 0 spiro atoms. The Hall–Kier alpha value is -3.37. The Morgan fingerprint density at radius 1 is 1.12 bits per heavy atom. The van der Waals surface area contributed by atoms with Crippen LogP contribution in [0.15, 0.2) is 42.2 Å². The average molecular weight is 583 g/mol. The molecule has 9 nitrogen and oxygen atoms in total. The van der Waals surface area contributed by atoms with Crippen LogP contribution in [-0.2, 0) is 10.2 Å². The van der Waals surface area contributed by atoms with E-state index in [9.17, 15) is 9.59 Å². The summed E-state index contributed by atoms with van der Waals surface area (Å²) in [5.74, 6) is 6.65. The minimum atomic E-state index is -0.356. The molecule has 0 saturated heterocycles. The predicted molar refractivity (Wildman–Crippen MR) is 171 cm³/mol. The lowest BCUT2D eigenvalue weighted by molar-refractivity contribution is -0.118. The van der Waals surface area contributed by atoms with Gasteiger partial charge in [0.25, 0.3) is 11.8 Å². The van der Waals surface area contributed by atoms with Gasteiger partial charge >= 0.3 is 0 Å². The van der Waals surface area contributed by atoms with Crippen molar-refractivity contribution in [3.8, 4) is 5.75 Å². The second kappa shape index (κ2) is 14.0. The lowest BCUT2D eigenvalue weighted by Gasteiger charge is -2.28. The monoisotopic (exact) mass is 582 g/mol. The molecule has 224 valence electrons. The normalized spacial score (nSPS) is 15.2. The molecule has 2 amide bonds. The van der Waals surface area contributed by atoms with Crippen LogP contribution in [0.5, 0.6) is 5.75 Å². The predicted octanol–water partition coefficient (Wildman–Crippen LogP) is 5.81. The second-order valence-corrected chi connectivity index (χ2v) is 12.4. The number of anilines is 3. The van der Waals surface area contributed by atoms with Crippen LogP contribution in [0.1, 0.15) is 81.3 Å². The van der Waals surface area contributed by atoms with Crippen LogP contribution in [0.25, 0.3) is 0 Å². The van der Waals surface area contributed by atoms with Crippen molar-refractivity contribution < 1.29 is 14.3 Å². The van der Waals surface area contributed by atoms with Crippen LogP contribution in [0.4, 0.5) is 17.1 Å². The maximum atomic E-state index is 13.4. The zero-order valence-corrected chi connectivity index (χ0v) is 26.2. The first kappa shape index (κ1) is 32.1. The molecule has 3 rings (SSSR count). The molecule has 0 aromatic heterocycles. The number of hydrazine groups is 1. The van der Waals surface area contributed by atoms with Crippen molar-refractivity contribution in [3.63, 3.8) is 0 Å². The molecule has 7 N–H and O–H groups in total. The molecule has 1 saturated carbocycles. The number of amides is 2. The summed E-state index contributed by atoms with van der Waals surface area (Å²) < 4.78 is 8.92. The Morgan fingerprint density at radius 3 is 2.39 bits per heavy atom. The molecule has 10 heteroatoms. The van der Waals surface area contributed by atoms with E-state index in [1.165, 1.54) is 42.4 Å². The molecule has 0 unspecified atom stereocenters. The topological polar surface area (TPSA) is 135 Å². The van der Waals surface area contributed by atoms with Gasteiger partial charge in [-0.05, 0) is 73.4 Å². The number of rotatable bonds is 10. The minimum absolute atomic E-state index is 0.00182. The maximum absolute atomic E-state index is 13.4. The fourth-order valence-corrected chi connectivity index (χ4v) is 5.48. The maximum Gasteiger partial charge on any atom is 0.268 e. The first-order valence-corrected chi connectivity index (χ1v) is 15.3. The number of nitrogens with one attached hydrogen (secondary N) is 3. The Morgan fingerprint density at radius 2 is 1.78 bits per heavy atom. The number of carbonyl (C=O) groups is 2. The molecule has 1 atom stereocenters. The highest BCUT2D eigenvalue weighted by Crippen LogP contribution is 2.40. The lowest BCUT2D eigenvalue weighted by Crippen LogP contribution is -2.41. The van der Waals surface area contributed by atoms with Gasteiger partial charge in [-0.2, -0.15) is 0 Å². The number of hydrogen-bond donors (Lipinski definition) is 5. The smallest absolute Gasteiger partial charge is 0.268 e. The number of benzene rings is 2. The molecule has 0 radical (unpaired) electrons. The third kappa shape index (κ3) is 8.33. The van der Waals surface area contributed by atoms with Gasteiger partial charge in [0.2, 0.25) is 0 Å². The van der Waals surface area contributed by atoms with Gasteiger partial charge in [-0.3, -0.25) is 14.6 Å². The Labute approximate surface area is 248 Å². The van der Waals surface area contributed by atoms with Gasteiger partial charge in [0.1, 0.15) is 5.70 Å². The third-order valence-corrected chi connectivity index (χ3v) is 8.05. The molecule has 2 aromatic rings. The molecular weight excluding hydrogens is 536 g/mol. The largest absolute Gasteiger partial charge is 0.492 e. The van der Waals surface area contributed by atoms with Gasteiger partial charge < -0.3 is 25.8 Å². The van der Waals surface area contributed by atoms with Gasteiger partial charge in [-0.1, -0.05) is 58.0 Å². The van der Waals surface area contributed by atoms with E-state index in [4.69, 9.17) is 16.3 Å². The van der Waals surface area contributed by atoms with E-state index in [1.807, 2.05) is 38.3 Å². The Balaban J connectivity index is 1.82. The van der Waals surface area contributed by atoms with Crippen molar-refractivity contribution in [1.29, 1.82) is 0 Å². The van der Waals surface area contributed by atoms with Crippen molar-refractivity contribution in [2.24, 2.45) is 17.5 Å². The summed E-state index contributed by atoms with van der Waals surface area (Å²) in [6.45, 7) is 10.2. The number of hydrogen-bond acceptors (Lipinski definition) is 8. The Bertz CT molecular complexity index is 1270. The summed E-state index contributed by atoms with van der Waals surface area (Å²) in [4.78, 5) is 26.2. The van der Waals surface area contributed by atoms with Crippen molar-refractivity contribution in [1.82, 2.24) is 5.32 Å². The highest BCUT2D eigenvalue weighted by molar-refractivity contribution is 7.99. The van der Waals surface area contributed by atoms with Gasteiger partial charge in [0.05, 0.1) is 24.2 Å². The van der Waals surface area contributed by atoms with E-state index in [-0.39, 0.29) is 29.0 Å². The van der Waals surface area contributed by atoms with Crippen LogP contribution >= 0.6 is 11.9 Å². The average Bonchev–Trinajstić information content (AvgIpc) is 2.93. The van der Waals surface area contributed by atoms with Crippen molar-refractivity contribution >= 4 is 40.8 Å². The van der Waals surface area contributed by atoms with Gasteiger partial charge in [0, 0.05) is 24.1 Å². The molecule has 0 aliphatic heterocycles. The summed E-state index contributed by atoms with van der Waals surface area (Å²) >= 11 is 1.44. The summed E-state index contributed by atoms with van der Waals surface area (Å²) in [6, 6.07) is 9.22. The number of carbonyl (C=O) groups excluding carboxylic acids is 2. The summed E-state index contributed by atoms with van der Waals surface area (Å²) in [5, 5.41) is 7.31. The van der Waals surface area contributed by atoms with E-state index in [0.29, 0.717) is 28.6 Å². The van der Waals surface area contributed by atoms with Crippen LogP contribution in [0.2, 0.25) is 0 Å². The van der Waals surface area contributed by atoms with Gasteiger partial charge in [-0.25, -0.2) is 5.84 Å². The molecule has 0 bridgehead atoms. The van der Waals surface area contributed by atoms with Gasteiger partial charge in [-0.15, -0.1) is 0 Å². The van der Waals surface area contributed by atoms with E-state index in [0.717, 1.165) is 29.7 Å². The first-order chi connectivity index (χ1) is 19.3. The summed E-state index contributed by atoms with van der Waals surface area (Å²) in [6.07, 6.45) is 9.19. The number of aryl methyl sites for hydroxylation is 1. The fourth-order valence-electron chi connectivity index (χ4n) is 5.10. The Kier molecular flexibility index (Phi) is 11.0. The van der Waals surface area contributed by atoms with Gasteiger partial charge in [0.15, 0.2) is 5.75 Å². The number of methoxy groups -OCH3 is 1. The lowest BCUT2D eigenvalue weighted by atomic mass is 9.84. The molecular formula is C31H46N6O3S. The summed E-state index contributed by atoms with van der Waals surface area (Å²) in [7, 11) is 1.58. The van der Waals surface area contributed by atoms with E-state index in [2.05, 4.69) is 36.1 Å². The number of nitrogens with two attached hydrogens (primary N) is 2. The van der Waals surface area contributed by atoms with Crippen LogP contribution < -0.4 is 36.7 Å². The number of nitrogens with zero attached hydrogens (tertiary/aromatic N) is 1. The van der Waals surface area contributed by atoms with Crippen molar-refractivity contribution in [2.75, 3.05) is 28.4 Å². The molecule has 2 aromatic carbocycles. The third-order valence-electron chi connectivity index (χ3n) is 7.62. The van der Waals surface area contributed by atoms with Crippen LogP contribution in [0, 0.1) is 12.8 Å². The molecule has 0 heterocycles. The second-order valence-electron chi connectivity index (χ2n) is 11.8. The zero-order valence-electron chi connectivity index (χ0n) is 25.4. The standard InChI is InChI=1S/C31H46N6O3S/c1-19-13-14-22(29(38)35-25-16-23(31(3,4)5)17-26(36-41-7)28(25)40-6)15-27(19)37(33)18-24(32)30(39)34-20(2)21-11-9-8-10-12-21/h13-18,20-21,36H,8-12,32-33H2,1-7H3,(H,34,39)(H,35,38)/b24-18-/t20-/m0/s1. The SMILES string of the molecule is COc1c(NSC)cc(C(C)(C)C)cc1NC(=O)c1ccc(C)c(N(N)/C=C(\N)C(=O)N[C@@H](C)C2CCCCC2)c1. The van der Waals surface area contributed by atoms with E-state index in [1.54, 1.807) is 19.2 Å². The van der Waals surface area contributed by atoms with Crippen molar-refractivity contribution in [2.45, 2.75) is 78.2 Å². The molecule has 1 aliphatic rings. The van der Waals surface area contributed by atoms with E-state index >= 15 is 0 Å². The quantitative estimate of drug-likeness (QED) is 0.103. The fraction of sp³-hybridized carbons (Fsp3) is 0.484. The molecule has 1 aliphatic carbocycles. The van der Waals surface area contributed by atoms with Crippen LogP contribution in [-0.4, -0.2) is 31.2 Å². The summed E-state index contributed by atoms with van der Waals surface area (Å²) in [5.41, 5.74) is 10.1. The minimum Gasteiger partial charge on any atom is -0.492 e.